The molecule has 3 aromatic rings. The predicted octanol–water partition coefficient (Wildman–Crippen LogP) is 14.9. The summed E-state index contributed by atoms with van der Waals surface area (Å²) in [5.74, 6) is 6.56. The van der Waals surface area contributed by atoms with Crippen LogP contribution in [-0.4, -0.2) is 48.0 Å². The summed E-state index contributed by atoms with van der Waals surface area (Å²) in [6.45, 7) is 38.4. The van der Waals surface area contributed by atoms with Crippen LogP contribution in [0.3, 0.4) is 0 Å². The Morgan fingerprint density at radius 2 is 0.828 bits per heavy atom. The molecule has 3 aliphatic rings. The Morgan fingerprint density at radius 1 is 0.534 bits per heavy atom. The molecule has 0 aromatic carbocycles. The van der Waals surface area contributed by atoms with Crippen molar-refractivity contribution < 1.29 is 0 Å². The van der Waals surface area contributed by atoms with Crippen LogP contribution >= 0.6 is 78.7 Å². The predicted molar refractivity (Wildman–Crippen MR) is 298 cm³/mol. The molecule has 0 aliphatic heterocycles. The molecular weight excluding hydrogens is 994 g/mol. The summed E-state index contributed by atoms with van der Waals surface area (Å²) in [6, 6.07) is 0. The molecule has 0 saturated carbocycles. The second kappa shape index (κ2) is 24.5. The van der Waals surface area contributed by atoms with E-state index in [4.69, 9.17) is 0 Å². The number of halogens is 2. The minimum atomic E-state index is -1.15. The topological polar surface area (TPSA) is 12.4 Å². The van der Waals surface area contributed by atoms with E-state index in [0.717, 1.165) is 19.3 Å². The second-order valence-electron chi connectivity index (χ2n) is 20.7. The van der Waals surface area contributed by atoms with Gasteiger partial charge in [0.15, 0.2) is 0 Å². The molecular formula is C45H77BBr2NS4Si5. The van der Waals surface area contributed by atoms with Crippen LogP contribution in [0.1, 0.15) is 84.2 Å². The van der Waals surface area contributed by atoms with Crippen molar-refractivity contribution >= 4 is 140 Å². The maximum absolute atomic E-state index is 4.34. The average molecular weight is 1070 g/mol. The van der Waals surface area contributed by atoms with Gasteiger partial charge in [-0.1, -0.05) is 106 Å². The molecule has 0 fully saturated rings. The molecule has 3 aromatic heterocycles. The third kappa shape index (κ3) is 18.7. The fourth-order valence-electron chi connectivity index (χ4n) is 7.25. The number of unbranched alkanes of at least 4 members (excludes halogenated alkanes) is 2. The van der Waals surface area contributed by atoms with Crippen molar-refractivity contribution in [3.63, 3.8) is 0 Å². The SMILES string of the molecule is Brc1sc(Br)c2c1CCC2.C.C[Si](C)(C)C#CCCCC#C[Si](C)(C)C.C[Si](C)(C)c1sc([Si](C)(C)C)c2c1CCC2.Cc1sc([Si](C)(C)C)c2c1CCC2.[B]=NS. The van der Waals surface area contributed by atoms with Gasteiger partial charge in [0.1, 0.15) is 16.1 Å². The zero-order chi connectivity index (χ0) is 43.6. The quantitative estimate of drug-likeness (QED) is 0.113. The molecule has 0 saturated heterocycles. The first-order valence-electron chi connectivity index (χ1n) is 20.9. The van der Waals surface area contributed by atoms with Crippen LogP contribution < -0.4 is 13.5 Å². The van der Waals surface area contributed by atoms with Gasteiger partial charge in [0.05, 0.1) is 31.8 Å². The van der Waals surface area contributed by atoms with Gasteiger partial charge in [-0.3, -0.25) is 0 Å². The molecule has 0 unspecified atom stereocenters. The van der Waals surface area contributed by atoms with E-state index in [0.29, 0.717) is 0 Å². The van der Waals surface area contributed by atoms with Crippen molar-refractivity contribution in [1.29, 1.82) is 0 Å². The first-order chi connectivity index (χ1) is 26.1. The average Bonchev–Trinajstić information content (AvgIpc) is 3.88. The van der Waals surface area contributed by atoms with Crippen LogP contribution in [0.5, 0.6) is 0 Å². The minimum absolute atomic E-state index is 0. The molecule has 0 atom stereocenters. The van der Waals surface area contributed by atoms with Gasteiger partial charge in [-0.2, -0.15) is 11.3 Å². The number of aryl methyl sites for hydroxylation is 1. The van der Waals surface area contributed by atoms with Gasteiger partial charge in [-0.05, 0) is 150 Å². The van der Waals surface area contributed by atoms with Gasteiger partial charge < -0.3 is 0 Å². The van der Waals surface area contributed by atoms with Crippen LogP contribution in [0.2, 0.25) is 98.2 Å². The van der Waals surface area contributed by atoms with E-state index in [1.807, 2.05) is 9.00 Å². The Balaban J connectivity index is 0.000000379. The zero-order valence-corrected chi connectivity index (χ0v) is 50.0. The molecule has 0 N–H and O–H groups in total. The van der Waals surface area contributed by atoms with Gasteiger partial charge in [0.25, 0.3) is 0 Å². The van der Waals surface area contributed by atoms with Crippen LogP contribution in [-0.2, 0) is 38.5 Å². The van der Waals surface area contributed by atoms with Gasteiger partial charge >= 0.3 is 24.8 Å². The van der Waals surface area contributed by atoms with Crippen LogP contribution in [0, 0.1) is 29.9 Å². The molecule has 323 valence electrons. The van der Waals surface area contributed by atoms with Gasteiger partial charge in [0.2, 0.25) is 0 Å². The molecule has 1 radical (unpaired) electrons. The summed E-state index contributed by atoms with van der Waals surface area (Å²) in [4.78, 5) is 1.60. The zero-order valence-electron chi connectivity index (χ0n) is 38.4. The van der Waals surface area contributed by atoms with E-state index in [1.165, 1.54) is 76.5 Å². The molecule has 1 nitrogen and oxygen atoms in total. The second-order valence-corrected chi connectivity index (χ2v) is 52.4. The summed E-state index contributed by atoms with van der Waals surface area (Å²) in [5, 5.41) is 0. The van der Waals surface area contributed by atoms with Crippen LogP contribution in [0.25, 0.3) is 0 Å². The summed E-state index contributed by atoms with van der Waals surface area (Å²) < 4.78 is 10.8. The molecule has 6 rings (SSSR count). The van der Waals surface area contributed by atoms with E-state index in [2.05, 4.69) is 207 Å². The molecule has 3 heterocycles. The Kier molecular flexibility index (Phi) is 23.9. The fourth-order valence-corrected chi connectivity index (χ4v) is 22.4. The number of nitrogens with zero attached hydrogens (tertiary/aromatic N) is 1. The monoisotopic (exact) mass is 1070 g/mol. The van der Waals surface area contributed by atoms with E-state index >= 15 is 0 Å². The first-order valence-corrected chi connectivity index (χ1v) is 42.8. The summed E-state index contributed by atoms with van der Waals surface area (Å²) in [6.07, 6.45) is 15.3. The Morgan fingerprint density at radius 3 is 1.16 bits per heavy atom. The number of hydrogen-bond donors (Lipinski definition) is 1. The normalized spacial score (nSPS) is 14.0. The first kappa shape index (κ1) is 56.5. The molecule has 58 heavy (non-hydrogen) atoms. The number of hydrogen-bond acceptors (Lipinski definition) is 5. The maximum atomic E-state index is 4.34. The van der Waals surface area contributed by atoms with E-state index in [-0.39, 0.29) is 7.43 Å². The molecule has 3 aliphatic carbocycles. The van der Waals surface area contributed by atoms with E-state index in [1.54, 1.807) is 43.0 Å². The molecule has 0 amide bonds. The van der Waals surface area contributed by atoms with E-state index < -0.39 is 40.4 Å². The number of rotatable bonds is 5. The fraction of sp³-hybridized carbons (Fsp3) is 0.644. The van der Waals surface area contributed by atoms with Crippen molar-refractivity contribution in [1.82, 2.24) is 0 Å². The van der Waals surface area contributed by atoms with Crippen LogP contribution in [0.4, 0.5) is 0 Å². The Labute approximate surface area is 398 Å². The molecule has 0 spiro atoms. The van der Waals surface area contributed by atoms with Gasteiger partial charge in [-0.25, -0.2) is 0 Å². The van der Waals surface area contributed by atoms with Crippen molar-refractivity contribution in [2.45, 2.75) is 190 Å². The standard InChI is InChI=1S/C13H24SSi2.C13H24Si2.C11H18SSi.C7H6Br2S.CH4.BHNS/c1-15(2,3)12-10-8-7-9-11(10)13(14-12)16(4,5)6;1-14(2,3)12-10-8-7-9-11-13-15(4,5)6;1-8-9-6-5-7-10(9)11(12-8)13(2,3)4;8-6-4-2-1-3-5(4)7(9)10-6;;1-2-3/h7-9H2,1-6H3;7-9H2,1-6H3;5-7H2,1-4H3;1-3H2;1H4;3H. The van der Waals surface area contributed by atoms with Gasteiger partial charge in [0, 0.05) is 17.7 Å². The summed E-state index contributed by atoms with van der Waals surface area (Å²) in [5.41, 5.74) is 16.9. The third-order valence-corrected chi connectivity index (χ3v) is 27.5. The van der Waals surface area contributed by atoms with Crippen molar-refractivity contribution in [3.8, 4) is 22.9 Å². The Bertz CT molecular complexity index is 1820. The molecule has 13 heteroatoms. The van der Waals surface area contributed by atoms with Crippen LogP contribution in [0.15, 0.2) is 11.9 Å². The third-order valence-electron chi connectivity index (χ3n) is 9.59. The summed E-state index contributed by atoms with van der Waals surface area (Å²) in [7, 11) is -1.22. The number of thiophene rings is 3. The number of thiol groups is 1. The Hall–Kier alpha value is 0.479. The molecule has 0 bridgehead atoms. The number of fused-ring (bicyclic) bond motifs is 3. The summed E-state index contributed by atoms with van der Waals surface area (Å²) >= 11 is 16.4. The van der Waals surface area contributed by atoms with E-state index in [9.17, 15) is 0 Å². The van der Waals surface area contributed by atoms with Crippen molar-refractivity contribution in [2.75, 3.05) is 0 Å². The van der Waals surface area contributed by atoms with Crippen molar-refractivity contribution in [2.24, 2.45) is 4.30 Å². The van der Waals surface area contributed by atoms with Gasteiger partial charge in [-0.15, -0.1) is 45.6 Å². The van der Waals surface area contributed by atoms with Crippen molar-refractivity contribution in [3.05, 3.63) is 45.8 Å².